The molecule has 0 amide bonds. The average molecular weight is 126 g/mol. The van der Waals surface area contributed by atoms with Crippen LogP contribution in [0.4, 0.5) is 0 Å². The van der Waals surface area contributed by atoms with Gasteiger partial charge in [0, 0.05) is 6.54 Å². The maximum atomic E-state index is 7.19. The third kappa shape index (κ3) is 2.35. The Morgan fingerprint density at radius 2 is 1.56 bits per heavy atom. The Labute approximate surface area is 57.6 Å². The molecule has 0 aliphatic heterocycles. The molecule has 0 aromatic carbocycles. The van der Waals surface area contributed by atoms with Gasteiger partial charge < -0.3 is 0 Å². The predicted molar refractivity (Wildman–Crippen MR) is 39.2 cm³/mol. The number of nitrogens with one attached hydrogen (secondary N) is 1. The summed E-state index contributed by atoms with van der Waals surface area (Å²) in [6.07, 6.45) is 8.23. The Kier molecular flexibility index (Phi) is 3.05. The topological polar surface area (TPSA) is 23.8 Å². The Hall–Kier alpha value is -0.0400. The summed E-state index contributed by atoms with van der Waals surface area (Å²) in [6.45, 7) is 0.667. The highest BCUT2D eigenvalue weighted by Crippen LogP contribution is 2.21. The molecule has 1 rings (SSSR count). The summed E-state index contributed by atoms with van der Waals surface area (Å²) < 4.78 is 0. The van der Waals surface area contributed by atoms with Crippen LogP contribution in [0.5, 0.6) is 0 Å². The van der Waals surface area contributed by atoms with Crippen LogP contribution in [0, 0.1) is 5.92 Å². The summed E-state index contributed by atoms with van der Waals surface area (Å²) in [7, 11) is 0. The highest BCUT2D eigenvalue weighted by atomic mass is 14.5. The molecule has 0 aromatic heterocycles. The second-order valence-corrected chi connectivity index (χ2v) is 3.06. The molecular formula is C8H16N. The van der Waals surface area contributed by atoms with Gasteiger partial charge in [0.05, 0.1) is 0 Å². The minimum atomic E-state index is 0.667. The lowest BCUT2D eigenvalue weighted by molar-refractivity contribution is 0.466. The van der Waals surface area contributed by atoms with Crippen LogP contribution < -0.4 is 5.73 Å². The van der Waals surface area contributed by atoms with Crippen molar-refractivity contribution in [2.75, 3.05) is 6.54 Å². The molecule has 1 heteroatoms. The van der Waals surface area contributed by atoms with Gasteiger partial charge in [0.2, 0.25) is 0 Å². The van der Waals surface area contributed by atoms with E-state index in [0.29, 0.717) is 6.54 Å². The lowest BCUT2D eigenvalue weighted by Gasteiger charge is -2.07. The van der Waals surface area contributed by atoms with Gasteiger partial charge >= 0.3 is 0 Å². The Morgan fingerprint density at radius 1 is 1.00 bits per heavy atom. The molecule has 0 atom stereocenters. The van der Waals surface area contributed by atoms with Gasteiger partial charge in [0.25, 0.3) is 0 Å². The SMILES string of the molecule is [NH]CC1CCCCCC1. The third-order valence-electron chi connectivity index (χ3n) is 2.26. The van der Waals surface area contributed by atoms with Crippen molar-refractivity contribution in [3.05, 3.63) is 0 Å². The molecule has 0 saturated heterocycles. The Balaban J connectivity index is 2.18. The van der Waals surface area contributed by atoms with Crippen LogP contribution >= 0.6 is 0 Å². The first-order chi connectivity index (χ1) is 4.43. The monoisotopic (exact) mass is 126 g/mol. The van der Waals surface area contributed by atoms with Crippen molar-refractivity contribution < 1.29 is 0 Å². The zero-order valence-corrected chi connectivity index (χ0v) is 6.03. The second-order valence-electron chi connectivity index (χ2n) is 3.06. The first-order valence-electron chi connectivity index (χ1n) is 4.08. The minimum Gasteiger partial charge on any atom is -0.258 e. The second kappa shape index (κ2) is 3.89. The summed E-state index contributed by atoms with van der Waals surface area (Å²) in [5, 5.41) is 0. The largest absolute Gasteiger partial charge is 0.258 e. The highest BCUT2D eigenvalue weighted by molar-refractivity contribution is 4.63. The van der Waals surface area contributed by atoms with Gasteiger partial charge in [-0.15, -0.1) is 0 Å². The van der Waals surface area contributed by atoms with Crippen molar-refractivity contribution in [1.82, 2.24) is 5.73 Å². The van der Waals surface area contributed by atoms with E-state index in [-0.39, 0.29) is 0 Å². The minimum absolute atomic E-state index is 0.667. The lowest BCUT2D eigenvalue weighted by Crippen LogP contribution is -2.04. The fraction of sp³-hybridized carbons (Fsp3) is 1.00. The molecule has 0 heterocycles. The average Bonchev–Trinajstić information content (AvgIpc) is 2.13. The van der Waals surface area contributed by atoms with Crippen molar-refractivity contribution in [3.8, 4) is 0 Å². The summed E-state index contributed by atoms with van der Waals surface area (Å²) in [6, 6.07) is 0. The maximum Gasteiger partial charge on any atom is 0.0128 e. The smallest absolute Gasteiger partial charge is 0.0128 e. The number of rotatable bonds is 1. The highest BCUT2D eigenvalue weighted by Gasteiger charge is 2.09. The summed E-state index contributed by atoms with van der Waals surface area (Å²) in [5.74, 6) is 0.743. The third-order valence-corrected chi connectivity index (χ3v) is 2.26. The van der Waals surface area contributed by atoms with E-state index in [1.807, 2.05) is 0 Å². The van der Waals surface area contributed by atoms with Crippen LogP contribution in [0.25, 0.3) is 0 Å². The van der Waals surface area contributed by atoms with E-state index in [1.54, 1.807) is 0 Å². The van der Waals surface area contributed by atoms with Gasteiger partial charge in [0.15, 0.2) is 0 Å². The van der Waals surface area contributed by atoms with Crippen molar-refractivity contribution in [3.63, 3.8) is 0 Å². The molecule has 1 nitrogen and oxygen atoms in total. The van der Waals surface area contributed by atoms with E-state index in [0.717, 1.165) is 5.92 Å². The molecule has 1 aliphatic rings. The van der Waals surface area contributed by atoms with Gasteiger partial charge in [-0.1, -0.05) is 25.7 Å². The zero-order chi connectivity index (χ0) is 6.53. The Bertz CT molecular complexity index is 63.0. The van der Waals surface area contributed by atoms with Crippen LogP contribution in [-0.2, 0) is 0 Å². The quantitative estimate of drug-likeness (QED) is 0.481. The molecule has 53 valence electrons. The van der Waals surface area contributed by atoms with Crippen LogP contribution in [-0.4, -0.2) is 6.54 Å². The first-order valence-corrected chi connectivity index (χ1v) is 4.08. The molecule has 9 heavy (non-hydrogen) atoms. The van der Waals surface area contributed by atoms with Gasteiger partial charge in [-0.3, -0.25) is 5.73 Å². The van der Waals surface area contributed by atoms with Crippen LogP contribution in [0.2, 0.25) is 0 Å². The number of hydrogen-bond donors (Lipinski definition) is 0. The fourth-order valence-electron chi connectivity index (χ4n) is 1.57. The lowest BCUT2D eigenvalue weighted by atomic mass is 10.0. The maximum absolute atomic E-state index is 7.19. The van der Waals surface area contributed by atoms with E-state index in [2.05, 4.69) is 0 Å². The standard InChI is InChI=1S/C8H16N/c9-7-8-5-3-1-2-4-6-8/h8-9H,1-7H2. The van der Waals surface area contributed by atoms with Gasteiger partial charge in [-0.2, -0.15) is 0 Å². The van der Waals surface area contributed by atoms with Gasteiger partial charge in [-0.25, -0.2) is 0 Å². The van der Waals surface area contributed by atoms with Crippen molar-refractivity contribution >= 4 is 0 Å². The normalized spacial score (nSPS) is 23.7. The van der Waals surface area contributed by atoms with E-state index in [1.165, 1.54) is 38.5 Å². The van der Waals surface area contributed by atoms with Crippen molar-refractivity contribution in [2.24, 2.45) is 5.92 Å². The fourth-order valence-corrected chi connectivity index (χ4v) is 1.57. The molecule has 1 aliphatic carbocycles. The van der Waals surface area contributed by atoms with Crippen LogP contribution in [0.3, 0.4) is 0 Å². The molecule has 0 bridgehead atoms. The molecule has 1 fully saturated rings. The molecule has 0 aromatic rings. The molecule has 1 N–H and O–H groups in total. The Morgan fingerprint density at radius 3 is 2.00 bits per heavy atom. The predicted octanol–water partition coefficient (Wildman–Crippen LogP) is 2.24. The molecular weight excluding hydrogens is 110 g/mol. The number of hydrogen-bond acceptors (Lipinski definition) is 0. The molecule has 0 unspecified atom stereocenters. The van der Waals surface area contributed by atoms with Gasteiger partial charge in [-0.05, 0) is 18.8 Å². The summed E-state index contributed by atoms with van der Waals surface area (Å²) in [5.41, 5.74) is 7.19. The summed E-state index contributed by atoms with van der Waals surface area (Å²) >= 11 is 0. The first kappa shape index (κ1) is 7.07. The van der Waals surface area contributed by atoms with E-state index < -0.39 is 0 Å². The summed E-state index contributed by atoms with van der Waals surface area (Å²) in [4.78, 5) is 0. The zero-order valence-electron chi connectivity index (χ0n) is 6.03. The van der Waals surface area contributed by atoms with E-state index in [4.69, 9.17) is 5.73 Å². The van der Waals surface area contributed by atoms with E-state index in [9.17, 15) is 0 Å². The molecule has 1 radical (unpaired) electrons. The van der Waals surface area contributed by atoms with E-state index >= 15 is 0 Å². The molecule has 1 saturated carbocycles. The van der Waals surface area contributed by atoms with Crippen molar-refractivity contribution in [2.45, 2.75) is 38.5 Å². The van der Waals surface area contributed by atoms with Gasteiger partial charge in [0.1, 0.15) is 0 Å². The van der Waals surface area contributed by atoms with Crippen LogP contribution in [0.15, 0.2) is 0 Å². The van der Waals surface area contributed by atoms with Crippen molar-refractivity contribution in [1.29, 1.82) is 0 Å². The molecule has 0 spiro atoms. The van der Waals surface area contributed by atoms with Crippen LogP contribution in [0.1, 0.15) is 38.5 Å².